The highest BCUT2D eigenvalue weighted by molar-refractivity contribution is 5.33. The molecule has 0 radical (unpaired) electrons. The summed E-state index contributed by atoms with van der Waals surface area (Å²) in [4.78, 5) is 0. The van der Waals surface area contributed by atoms with E-state index < -0.39 is 23.5 Å². The SMILES string of the molecule is Cc1cc(C2C(O)C(c3cc(C)on3)C2(C)O)no1. The lowest BCUT2D eigenvalue weighted by molar-refractivity contribution is -0.154. The van der Waals surface area contributed by atoms with Gasteiger partial charge in [-0.2, -0.15) is 0 Å². The molecule has 0 saturated heterocycles. The summed E-state index contributed by atoms with van der Waals surface area (Å²) in [6.45, 7) is 5.21. The first-order valence-corrected chi connectivity index (χ1v) is 6.18. The molecule has 1 aliphatic carbocycles. The number of aryl methyl sites for hydroxylation is 2. The van der Waals surface area contributed by atoms with Gasteiger partial charge in [-0.25, -0.2) is 0 Å². The number of rotatable bonds is 2. The van der Waals surface area contributed by atoms with E-state index in [9.17, 15) is 10.2 Å². The lowest BCUT2D eigenvalue weighted by atomic mass is 9.57. The number of aromatic nitrogens is 2. The molecule has 2 heterocycles. The zero-order chi connectivity index (χ0) is 13.8. The van der Waals surface area contributed by atoms with E-state index in [-0.39, 0.29) is 0 Å². The molecule has 0 aliphatic heterocycles. The van der Waals surface area contributed by atoms with Gasteiger partial charge >= 0.3 is 0 Å². The summed E-state index contributed by atoms with van der Waals surface area (Å²) in [5.41, 5.74) is -0.00981. The van der Waals surface area contributed by atoms with Crippen molar-refractivity contribution in [2.45, 2.75) is 44.3 Å². The summed E-state index contributed by atoms with van der Waals surface area (Å²) in [7, 11) is 0. The van der Waals surface area contributed by atoms with Crippen molar-refractivity contribution >= 4 is 0 Å². The molecule has 0 amide bonds. The number of hydrogen-bond donors (Lipinski definition) is 2. The van der Waals surface area contributed by atoms with Gasteiger partial charge in [0.15, 0.2) is 0 Å². The number of hydrogen-bond acceptors (Lipinski definition) is 6. The van der Waals surface area contributed by atoms with E-state index in [1.165, 1.54) is 0 Å². The Kier molecular flexibility index (Phi) is 2.55. The molecule has 2 atom stereocenters. The van der Waals surface area contributed by atoms with E-state index in [1.807, 2.05) is 0 Å². The molecule has 1 aliphatic rings. The minimum atomic E-state index is -1.13. The molecule has 19 heavy (non-hydrogen) atoms. The Balaban J connectivity index is 1.92. The lowest BCUT2D eigenvalue weighted by Gasteiger charge is -2.52. The first-order chi connectivity index (χ1) is 8.91. The zero-order valence-electron chi connectivity index (χ0n) is 11.0. The monoisotopic (exact) mass is 264 g/mol. The van der Waals surface area contributed by atoms with Crippen LogP contribution in [-0.2, 0) is 0 Å². The Morgan fingerprint density at radius 3 is 1.74 bits per heavy atom. The van der Waals surface area contributed by atoms with E-state index in [4.69, 9.17) is 9.05 Å². The Morgan fingerprint density at radius 1 is 1.05 bits per heavy atom. The third-order valence-corrected chi connectivity index (χ3v) is 3.87. The molecule has 6 heteroatoms. The maximum absolute atomic E-state index is 10.6. The van der Waals surface area contributed by atoms with Gasteiger partial charge in [-0.05, 0) is 20.8 Å². The van der Waals surface area contributed by atoms with Crippen molar-refractivity contribution in [1.29, 1.82) is 0 Å². The highest BCUT2D eigenvalue weighted by Gasteiger charge is 2.61. The van der Waals surface area contributed by atoms with Crippen LogP contribution in [-0.4, -0.2) is 32.2 Å². The van der Waals surface area contributed by atoms with Crippen LogP contribution in [0.4, 0.5) is 0 Å². The van der Waals surface area contributed by atoms with Crippen molar-refractivity contribution in [2.75, 3.05) is 0 Å². The summed E-state index contributed by atoms with van der Waals surface area (Å²) >= 11 is 0. The van der Waals surface area contributed by atoms with Crippen molar-refractivity contribution in [3.8, 4) is 0 Å². The number of nitrogens with zero attached hydrogens (tertiary/aromatic N) is 2. The average molecular weight is 264 g/mol. The third kappa shape index (κ3) is 1.71. The Bertz CT molecular complexity index is 551. The molecule has 2 N–H and O–H groups in total. The van der Waals surface area contributed by atoms with E-state index in [0.717, 1.165) is 0 Å². The fourth-order valence-electron chi connectivity index (χ4n) is 2.97. The smallest absolute Gasteiger partial charge is 0.133 e. The summed E-state index contributed by atoms with van der Waals surface area (Å²) in [6, 6.07) is 3.46. The van der Waals surface area contributed by atoms with Gasteiger partial charge in [-0.3, -0.25) is 0 Å². The van der Waals surface area contributed by atoms with Gasteiger partial charge in [0, 0.05) is 12.1 Å². The largest absolute Gasteiger partial charge is 0.391 e. The Morgan fingerprint density at radius 2 is 1.47 bits per heavy atom. The normalized spacial score (nSPS) is 34.3. The van der Waals surface area contributed by atoms with Crippen LogP contribution in [0, 0.1) is 13.8 Å². The van der Waals surface area contributed by atoms with Crippen molar-refractivity contribution in [1.82, 2.24) is 10.3 Å². The minimum absolute atomic E-state index is 0.480. The van der Waals surface area contributed by atoms with E-state index in [2.05, 4.69) is 10.3 Å². The van der Waals surface area contributed by atoms with Crippen molar-refractivity contribution in [2.24, 2.45) is 0 Å². The molecule has 6 nitrogen and oxygen atoms in total. The molecule has 1 fully saturated rings. The number of aliphatic hydroxyl groups excluding tert-OH is 1. The van der Waals surface area contributed by atoms with Crippen LogP contribution in [0.3, 0.4) is 0 Å². The molecule has 2 unspecified atom stereocenters. The molecule has 2 aromatic rings. The van der Waals surface area contributed by atoms with Gasteiger partial charge in [0.2, 0.25) is 0 Å². The molecule has 0 bridgehead atoms. The van der Waals surface area contributed by atoms with Crippen LogP contribution < -0.4 is 0 Å². The van der Waals surface area contributed by atoms with Crippen molar-refractivity contribution in [3.05, 3.63) is 35.0 Å². The molecule has 2 aromatic heterocycles. The van der Waals surface area contributed by atoms with Crippen molar-refractivity contribution < 1.29 is 19.3 Å². The molecular weight excluding hydrogens is 248 g/mol. The van der Waals surface area contributed by atoms with Crippen LogP contribution in [0.2, 0.25) is 0 Å². The maximum Gasteiger partial charge on any atom is 0.133 e. The van der Waals surface area contributed by atoms with E-state index in [0.29, 0.717) is 22.9 Å². The van der Waals surface area contributed by atoms with Crippen LogP contribution in [0.5, 0.6) is 0 Å². The van der Waals surface area contributed by atoms with Gasteiger partial charge in [0.05, 0.1) is 34.9 Å². The second-order valence-electron chi connectivity index (χ2n) is 5.40. The summed E-state index contributed by atoms with van der Waals surface area (Å²) < 4.78 is 10.0. The fraction of sp³-hybridized carbons (Fsp3) is 0.538. The zero-order valence-corrected chi connectivity index (χ0v) is 11.0. The standard InChI is InChI=1S/C13H16N2O4/c1-6-4-8(14-18-6)10-12(16)11(13(10,3)17)9-5-7(2)19-15-9/h4-5,10-12,16-17H,1-3H3. The maximum atomic E-state index is 10.6. The average Bonchev–Trinajstić information content (AvgIpc) is 2.88. The minimum Gasteiger partial charge on any atom is -0.391 e. The first-order valence-electron chi connectivity index (χ1n) is 6.18. The third-order valence-electron chi connectivity index (χ3n) is 3.87. The predicted octanol–water partition coefficient (Wildman–Crippen LogP) is 1.27. The van der Waals surface area contributed by atoms with Gasteiger partial charge in [-0.15, -0.1) is 0 Å². The van der Waals surface area contributed by atoms with Crippen LogP contribution >= 0.6 is 0 Å². The van der Waals surface area contributed by atoms with Gasteiger partial charge in [0.1, 0.15) is 11.5 Å². The van der Waals surface area contributed by atoms with Crippen molar-refractivity contribution in [3.63, 3.8) is 0 Å². The molecule has 0 aromatic carbocycles. The van der Waals surface area contributed by atoms with E-state index >= 15 is 0 Å². The highest BCUT2D eigenvalue weighted by Crippen LogP contribution is 2.55. The highest BCUT2D eigenvalue weighted by atomic mass is 16.5. The molecule has 1 saturated carbocycles. The Labute approximate surface area is 110 Å². The second-order valence-corrected chi connectivity index (χ2v) is 5.40. The molecular formula is C13H16N2O4. The lowest BCUT2D eigenvalue weighted by Crippen LogP contribution is -2.60. The van der Waals surface area contributed by atoms with Gasteiger partial charge in [-0.1, -0.05) is 10.3 Å². The summed E-state index contributed by atoms with van der Waals surface area (Å²) in [5, 5.41) is 28.7. The molecule has 102 valence electrons. The number of aliphatic hydroxyl groups is 2. The van der Waals surface area contributed by atoms with E-state index in [1.54, 1.807) is 32.9 Å². The topological polar surface area (TPSA) is 92.5 Å². The predicted molar refractivity (Wildman–Crippen MR) is 64.6 cm³/mol. The Hall–Kier alpha value is -1.66. The van der Waals surface area contributed by atoms with Crippen LogP contribution in [0.1, 0.15) is 41.7 Å². The second kappa shape index (κ2) is 3.91. The first kappa shape index (κ1) is 12.4. The fourth-order valence-corrected chi connectivity index (χ4v) is 2.97. The van der Waals surface area contributed by atoms with Crippen LogP contribution in [0.25, 0.3) is 0 Å². The van der Waals surface area contributed by atoms with Gasteiger partial charge < -0.3 is 19.3 Å². The summed E-state index contributed by atoms with van der Waals surface area (Å²) in [6.07, 6.45) is -0.760. The summed E-state index contributed by atoms with van der Waals surface area (Å²) in [5.74, 6) is 0.344. The molecule has 3 rings (SSSR count). The molecule has 0 spiro atoms. The van der Waals surface area contributed by atoms with Gasteiger partial charge in [0.25, 0.3) is 0 Å². The van der Waals surface area contributed by atoms with Crippen LogP contribution in [0.15, 0.2) is 21.2 Å². The quantitative estimate of drug-likeness (QED) is 0.848.